The van der Waals surface area contributed by atoms with Crippen molar-refractivity contribution in [2.75, 3.05) is 25.4 Å². The standard InChI is InChI=1S/C10H16O4S.C7H11NO/c1-9(2)7-3-4-10(9,8(11)5-7)6-15(12,13)14;9-7-5-8-3-1-2-6(7)4-8/h7H,3-6H2,1-2H3,(H,12,13,14);6H,1-5H2. The van der Waals surface area contributed by atoms with Crippen molar-refractivity contribution in [1.82, 2.24) is 4.90 Å². The van der Waals surface area contributed by atoms with E-state index in [1.807, 2.05) is 13.8 Å². The number of nitrogens with zero attached hydrogens (tertiary/aromatic N) is 1. The van der Waals surface area contributed by atoms with Gasteiger partial charge in [-0.3, -0.25) is 19.0 Å². The van der Waals surface area contributed by atoms with Crippen molar-refractivity contribution in [2.45, 2.75) is 46.0 Å². The molecule has 1 N–H and O–H groups in total. The maximum absolute atomic E-state index is 11.9. The Hall–Kier alpha value is -0.790. The monoisotopic (exact) mass is 357 g/mol. The molecule has 4 unspecified atom stereocenters. The molecular formula is C17H27NO5S. The minimum Gasteiger partial charge on any atom is -0.299 e. The molecule has 2 saturated carbocycles. The summed E-state index contributed by atoms with van der Waals surface area (Å²) in [7, 11) is -4.08. The van der Waals surface area contributed by atoms with Gasteiger partial charge in [0.25, 0.3) is 10.1 Å². The predicted octanol–water partition coefficient (Wildman–Crippen LogP) is 1.55. The van der Waals surface area contributed by atoms with Crippen LogP contribution in [0.25, 0.3) is 0 Å². The normalized spacial score (nSPS) is 39.7. The van der Waals surface area contributed by atoms with E-state index in [4.69, 9.17) is 4.55 Å². The Morgan fingerprint density at radius 2 is 1.96 bits per heavy atom. The fourth-order valence-corrected chi connectivity index (χ4v) is 6.53. The molecule has 4 fully saturated rings. The molecule has 136 valence electrons. The van der Waals surface area contributed by atoms with Crippen LogP contribution in [0.5, 0.6) is 0 Å². The van der Waals surface area contributed by atoms with Gasteiger partial charge in [0.15, 0.2) is 5.78 Å². The number of carbonyl (C=O) groups is 2. The Kier molecular flexibility index (Phi) is 4.42. The van der Waals surface area contributed by atoms with E-state index >= 15 is 0 Å². The molecule has 2 aliphatic carbocycles. The van der Waals surface area contributed by atoms with E-state index in [0.717, 1.165) is 32.5 Å². The second-order valence-corrected chi connectivity index (χ2v) is 9.89. The maximum atomic E-state index is 11.9. The summed E-state index contributed by atoms with van der Waals surface area (Å²) < 4.78 is 31.0. The van der Waals surface area contributed by atoms with Crippen LogP contribution < -0.4 is 0 Å². The average molecular weight is 357 g/mol. The molecule has 24 heavy (non-hydrogen) atoms. The summed E-state index contributed by atoms with van der Waals surface area (Å²) in [5, 5.41) is 0. The number of hydrogen-bond acceptors (Lipinski definition) is 5. The molecule has 0 spiro atoms. The highest BCUT2D eigenvalue weighted by Crippen LogP contribution is 2.64. The number of Topliss-reactive ketones (excluding diaryl/α,β-unsaturated/α-hetero) is 2. The molecule has 6 nitrogen and oxygen atoms in total. The molecule has 4 rings (SSSR count). The number of fused-ring (bicyclic) bond motifs is 4. The fourth-order valence-electron chi connectivity index (χ4n) is 5.23. The zero-order chi connectivity index (χ0) is 17.8. The lowest BCUT2D eigenvalue weighted by molar-refractivity contribution is -0.128. The largest absolute Gasteiger partial charge is 0.299 e. The second-order valence-electron chi connectivity index (χ2n) is 8.43. The fraction of sp³-hybridized carbons (Fsp3) is 0.882. The van der Waals surface area contributed by atoms with Crippen molar-refractivity contribution >= 4 is 21.7 Å². The Morgan fingerprint density at radius 3 is 2.42 bits per heavy atom. The third-order valence-corrected chi connectivity index (χ3v) is 7.77. The van der Waals surface area contributed by atoms with Crippen molar-refractivity contribution in [3.8, 4) is 0 Å². The molecule has 0 radical (unpaired) electrons. The summed E-state index contributed by atoms with van der Waals surface area (Å²) in [5.74, 6) is 0.793. The molecule has 0 aromatic carbocycles. The second kappa shape index (κ2) is 5.88. The van der Waals surface area contributed by atoms with Crippen LogP contribution in [0.1, 0.15) is 46.0 Å². The molecule has 4 atom stereocenters. The Balaban J connectivity index is 0.000000159. The van der Waals surface area contributed by atoms with Crippen LogP contribution in [0.4, 0.5) is 0 Å². The van der Waals surface area contributed by atoms with Gasteiger partial charge in [0.05, 0.1) is 17.7 Å². The molecule has 0 aromatic rings. The summed E-state index contributed by atoms with van der Waals surface area (Å²) >= 11 is 0. The SMILES string of the molecule is CC1(C)C2CCC1(CS(=O)(=O)O)C(=O)C2.O=C1CN2CCCC1C2. The lowest BCUT2D eigenvalue weighted by Crippen LogP contribution is -2.42. The zero-order valence-electron chi connectivity index (χ0n) is 14.5. The number of hydrogen-bond donors (Lipinski definition) is 1. The summed E-state index contributed by atoms with van der Waals surface area (Å²) in [6.45, 7) is 6.84. The van der Waals surface area contributed by atoms with E-state index in [1.54, 1.807) is 0 Å². The van der Waals surface area contributed by atoms with Gasteiger partial charge in [-0.25, -0.2) is 0 Å². The first-order valence-corrected chi connectivity index (χ1v) is 10.4. The highest BCUT2D eigenvalue weighted by Gasteiger charge is 2.65. The van der Waals surface area contributed by atoms with E-state index in [0.29, 0.717) is 24.5 Å². The van der Waals surface area contributed by atoms with Crippen LogP contribution in [-0.4, -0.2) is 54.8 Å². The summed E-state index contributed by atoms with van der Waals surface area (Å²) in [4.78, 5) is 25.1. The first-order chi connectivity index (χ1) is 11.1. The first kappa shape index (κ1) is 18.0. The Bertz CT molecular complexity index is 656. The molecule has 0 amide bonds. The first-order valence-electron chi connectivity index (χ1n) is 8.79. The molecule has 4 aliphatic rings. The number of rotatable bonds is 2. The smallest absolute Gasteiger partial charge is 0.265 e. The summed E-state index contributed by atoms with van der Waals surface area (Å²) in [6.07, 6.45) is 4.35. The van der Waals surface area contributed by atoms with Gasteiger partial charge in [0, 0.05) is 18.9 Å². The number of ketones is 2. The minimum absolute atomic E-state index is 0.0152. The van der Waals surface area contributed by atoms with Crippen molar-refractivity contribution < 1.29 is 22.6 Å². The van der Waals surface area contributed by atoms with E-state index in [-0.39, 0.29) is 17.1 Å². The van der Waals surface area contributed by atoms with Crippen molar-refractivity contribution in [2.24, 2.45) is 22.7 Å². The molecular weight excluding hydrogens is 330 g/mol. The Morgan fingerprint density at radius 1 is 1.25 bits per heavy atom. The van der Waals surface area contributed by atoms with Gasteiger partial charge in [0.2, 0.25) is 0 Å². The Labute approximate surface area is 143 Å². The van der Waals surface area contributed by atoms with Gasteiger partial charge in [-0.1, -0.05) is 13.8 Å². The van der Waals surface area contributed by atoms with Crippen LogP contribution in [0.2, 0.25) is 0 Å². The third kappa shape index (κ3) is 2.95. The summed E-state index contributed by atoms with van der Waals surface area (Å²) in [5.41, 5.74) is -1.12. The van der Waals surface area contributed by atoms with Gasteiger partial charge >= 0.3 is 0 Å². The minimum atomic E-state index is -4.08. The summed E-state index contributed by atoms with van der Waals surface area (Å²) in [6, 6.07) is 0. The van der Waals surface area contributed by atoms with Crippen LogP contribution >= 0.6 is 0 Å². The van der Waals surface area contributed by atoms with Gasteiger partial charge in [0.1, 0.15) is 5.78 Å². The molecule has 2 saturated heterocycles. The van der Waals surface area contributed by atoms with Gasteiger partial charge in [-0.05, 0) is 43.6 Å². The molecule has 4 bridgehead atoms. The van der Waals surface area contributed by atoms with Crippen LogP contribution in [0, 0.1) is 22.7 Å². The van der Waals surface area contributed by atoms with Crippen LogP contribution in [0.15, 0.2) is 0 Å². The highest BCUT2D eigenvalue weighted by atomic mass is 32.2. The highest BCUT2D eigenvalue weighted by molar-refractivity contribution is 7.85. The van der Waals surface area contributed by atoms with Crippen molar-refractivity contribution in [1.29, 1.82) is 0 Å². The van der Waals surface area contributed by atoms with Gasteiger partial charge in [-0.15, -0.1) is 0 Å². The van der Waals surface area contributed by atoms with Gasteiger partial charge < -0.3 is 0 Å². The van der Waals surface area contributed by atoms with Crippen molar-refractivity contribution in [3.63, 3.8) is 0 Å². The van der Waals surface area contributed by atoms with E-state index < -0.39 is 21.3 Å². The van der Waals surface area contributed by atoms with E-state index in [1.165, 1.54) is 6.42 Å². The van der Waals surface area contributed by atoms with E-state index in [9.17, 15) is 18.0 Å². The molecule has 2 heterocycles. The van der Waals surface area contributed by atoms with Crippen molar-refractivity contribution in [3.05, 3.63) is 0 Å². The van der Waals surface area contributed by atoms with E-state index in [2.05, 4.69) is 4.90 Å². The molecule has 0 aromatic heterocycles. The third-order valence-electron chi connectivity index (χ3n) is 6.91. The quantitative estimate of drug-likeness (QED) is 0.754. The maximum Gasteiger partial charge on any atom is 0.265 e. The van der Waals surface area contributed by atoms with Crippen LogP contribution in [-0.2, 0) is 19.7 Å². The number of piperidine rings is 1. The average Bonchev–Trinajstić information content (AvgIpc) is 2.92. The predicted molar refractivity (Wildman–Crippen MR) is 89.1 cm³/mol. The topological polar surface area (TPSA) is 91.7 Å². The molecule has 2 aliphatic heterocycles. The zero-order valence-corrected chi connectivity index (χ0v) is 15.3. The number of carbonyl (C=O) groups excluding carboxylic acids is 2. The van der Waals surface area contributed by atoms with Crippen LogP contribution in [0.3, 0.4) is 0 Å². The lowest BCUT2D eigenvalue weighted by atomic mass is 9.70. The lowest BCUT2D eigenvalue weighted by Gasteiger charge is -2.35. The van der Waals surface area contributed by atoms with Gasteiger partial charge in [-0.2, -0.15) is 8.42 Å². The molecule has 7 heteroatoms.